The van der Waals surface area contributed by atoms with Crippen molar-refractivity contribution < 1.29 is 13.2 Å². The number of sulfonamides is 1. The van der Waals surface area contributed by atoms with E-state index in [1.165, 1.54) is 19.8 Å². The van der Waals surface area contributed by atoms with Gasteiger partial charge in [-0.1, -0.05) is 29.7 Å². The molecule has 8 heteroatoms. The molecular formula is C17H16N2O4S2. The smallest absolute Gasteiger partial charge is 0.273 e. The van der Waals surface area contributed by atoms with Crippen LogP contribution in [0.5, 0.6) is 0 Å². The molecule has 1 aromatic heterocycles. The molecule has 0 saturated carbocycles. The Hall–Kier alpha value is -2.00. The molecule has 6 nitrogen and oxygen atoms in total. The summed E-state index contributed by atoms with van der Waals surface area (Å²) in [5.41, 5.74) is 0.419. The van der Waals surface area contributed by atoms with Gasteiger partial charge in [-0.05, 0) is 30.3 Å². The first-order chi connectivity index (χ1) is 12.1. The lowest BCUT2D eigenvalue weighted by Crippen LogP contribution is -2.40. The van der Waals surface area contributed by atoms with Gasteiger partial charge in [0.05, 0.1) is 33.9 Å². The molecule has 2 heterocycles. The molecule has 3 aromatic rings. The highest BCUT2D eigenvalue weighted by Crippen LogP contribution is 2.23. The van der Waals surface area contributed by atoms with Gasteiger partial charge in [0.1, 0.15) is 0 Å². The molecule has 0 unspecified atom stereocenters. The second-order valence-corrected chi connectivity index (χ2v) is 8.63. The third-order valence-electron chi connectivity index (χ3n) is 4.15. The van der Waals surface area contributed by atoms with Crippen LogP contribution in [-0.4, -0.2) is 43.0 Å². The summed E-state index contributed by atoms with van der Waals surface area (Å²) < 4.78 is 34.7. The summed E-state index contributed by atoms with van der Waals surface area (Å²) in [4.78, 5) is 12.8. The predicted octanol–water partition coefficient (Wildman–Crippen LogP) is 2.07. The van der Waals surface area contributed by atoms with Crippen molar-refractivity contribution in [2.75, 3.05) is 26.3 Å². The molecule has 0 aliphatic carbocycles. The highest BCUT2D eigenvalue weighted by Gasteiger charge is 2.26. The van der Waals surface area contributed by atoms with Crippen LogP contribution in [0.1, 0.15) is 0 Å². The number of benzene rings is 2. The summed E-state index contributed by atoms with van der Waals surface area (Å²) in [6.45, 7) is 1.48. The fourth-order valence-electron chi connectivity index (χ4n) is 2.85. The summed E-state index contributed by atoms with van der Waals surface area (Å²) in [7, 11) is -3.59. The van der Waals surface area contributed by atoms with Crippen molar-refractivity contribution in [2.45, 2.75) is 4.90 Å². The van der Waals surface area contributed by atoms with Crippen molar-refractivity contribution in [3.05, 3.63) is 58.9 Å². The molecule has 1 fully saturated rings. The normalized spacial score (nSPS) is 16.3. The van der Waals surface area contributed by atoms with E-state index in [1.54, 1.807) is 30.3 Å². The maximum Gasteiger partial charge on any atom is 0.273 e. The molecule has 1 aliphatic heterocycles. The van der Waals surface area contributed by atoms with Gasteiger partial charge >= 0.3 is 0 Å². The molecule has 130 valence electrons. The molecule has 0 radical (unpaired) electrons. The number of rotatable bonds is 3. The average Bonchev–Trinajstić information content (AvgIpc) is 3.00. The van der Waals surface area contributed by atoms with E-state index in [9.17, 15) is 13.2 Å². The van der Waals surface area contributed by atoms with Crippen molar-refractivity contribution in [2.24, 2.45) is 0 Å². The summed E-state index contributed by atoms with van der Waals surface area (Å²) in [5.74, 6) is 0. The third kappa shape index (κ3) is 2.91. The SMILES string of the molecule is O=c1c2ccccc2sn1-c1cccc(S(=O)(=O)N2CCOCC2)c1. The molecule has 25 heavy (non-hydrogen) atoms. The Morgan fingerprint density at radius 1 is 1.00 bits per heavy atom. The van der Waals surface area contributed by atoms with Gasteiger partial charge in [-0.3, -0.25) is 4.79 Å². The van der Waals surface area contributed by atoms with Crippen LogP contribution in [0.15, 0.2) is 58.2 Å². The molecule has 0 bridgehead atoms. The van der Waals surface area contributed by atoms with Crippen molar-refractivity contribution in [1.29, 1.82) is 0 Å². The minimum absolute atomic E-state index is 0.137. The number of hydrogen-bond donors (Lipinski definition) is 0. The maximum absolute atomic E-state index is 12.8. The topological polar surface area (TPSA) is 68.6 Å². The molecular weight excluding hydrogens is 360 g/mol. The molecule has 0 atom stereocenters. The minimum atomic E-state index is -3.59. The monoisotopic (exact) mass is 376 g/mol. The highest BCUT2D eigenvalue weighted by atomic mass is 32.2. The van der Waals surface area contributed by atoms with E-state index < -0.39 is 10.0 Å². The second kappa shape index (κ2) is 6.38. The van der Waals surface area contributed by atoms with E-state index in [-0.39, 0.29) is 10.5 Å². The molecule has 1 saturated heterocycles. The lowest BCUT2D eigenvalue weighted by atomic mass is 10.3. The van der Waals surface area contributed by atoms with Gasteiger partial charge < -0.3 is 4.74 Å². The molecule has 1 aliphatic rings. The molecule has 4 rings (SSSR count). The number of ether oxygens (including phenoxy) is 1. The zero-order valence-electron chi connectivity index (χ0n) is 13.3. The van der Waals surface area contributed by atoms with Crippen LogP contribution in [0.25, 0.3) is 15.8 Å². The van der Waals surface area contributed by atoms with Crippen LogP contribution < -0.4 is 5.56 Å². The summed E-state index contributed by atoms with van der Waals surface area (Å²) in [6, 6.07) is 13.9. The Morgan fingerprint density at radius 2 is 1.76 bits per heavy atom. The zero-order chi connectivity index (χ0) is 17.4. The number of hydrogen-bond acceptors (Lipinski definition) is 5. The lowest BCUT2D eigenvalue weighted by Gasteiger charge is -2.26. The second-order valence-electron chi connectivity index (χ2n) is 5.70. The quantitative estimate of drug-likeness (QED) is 0.702. The minimum Gasteiger partial charge on any atom is -0.379 e. The van der Waals surface area contributed by atoms with Gasteiger partial charge in [0.2, 0.25) is 10.0 Å². The van der Waals surface area contributed by atoms with Gasteiger partial charge in [0.15, 0.2) is 0 Å². The zero-order valence-corrected chi connectivity index (χ0v) is 14.9. The van der Waals surface area contributed by atoms with E-state index in [4.69, 9.17) is 4.74 Å². The number of fused-ring (bicyclic) bond motifs is 1. The Labute approximate surface area is 149 Å². The van der Waals surface area contributed by atoms with Gasteiger partial charge in [0.25, 0.3) is 5.56 Å². The number of aromatic nitrogens is 1. The largest absolute Gasteiger partial charge is 0.379 e. The van der Waals surface area contributed by atoms with Crippen molar-refractivity contribution in [3.8, 4) is 5.69 Å². The van der Waals surface area contributed by atoms with Gasteiger partial charge in [0, 0.05) is 13.1 Å². The van der Waals surface area contributed by atoms with Crippen LogP contribution in [0.3, 0.4) is 0 Å². The van der Waals surface area contributed by atoms with Crippen LogP contribution in [0.2, 0.25) is 0 Å². The Bertz CT molecular complexity index is 1080. The van der Waals surface area contributed by atoms with E-state index >= 15 is 0 Å². The van der Waals surface area contributed by atoms with Crippen LogP contribution in [-0.2, 0) is 14.8 Å². The molecule has 2 aromatic carbocycles. The fourth-order valence-corrected chi connectivity index (χ4v) is 5.29. The molecule has 0 spiro atoms. The Balaban J connectivity index is 1.79. The first-order valence-electron chi connectivity index (χ1n) is 7.87. The highest BCUT2D eigenvalue weighted by molar-refractivity contribution is 7.89. The van der Waals surface area contributed by atoms with Gasteiger partial charge in [-0.15, -0.1) is 0 Å². The average molecular weight is 376 g/mol. The van der Waals surface area contributed by atoms with E-state index in [0.29, 0.717) is 37.4 Å². The third-order valence-corrected chi connectivity index (χ3v) is 7.16. The Morgan fingerprint density at radius 3 is 2.52 bits per heavy atom. The maximum atomic E-state index is 12.8. The summed E-state index contributed by atoms with van der Waals surface area (Å²) >= 11 is 1.31. The van der Waals surface area contributed by atoms with E-state index in [0.717, 1.165) is 4.70 Å². The van der Waals surface area contributed by atoms with Crippen LogP contribution in [0.4, 0.5) is 0 Å². The van der Waals surface area contributed by atoms with Crippen LogP contribution in [0, 0.1) is 0 Å². The first-order valence-corrected chi connectivity index (χ1v) is 10.1. The van der Waals surface area contributed by atoms with Crippen LogP contribution >= 0.6 is 11.5 Å². The van der Waals surface area contributed by atoms with E-state index in [1.807, 2.05) is 18.2 Å². The first kappa shape index (κ1) is 16.5. The molecule has 0 amide bonds. The standard InChI is InChI=1S/C17H16N2O4S2/c20-17-15-6-1-2-7-16(15)24-19(17)13-4-3-5-14(12-13)25(21,22)18-8-10-23-11-9-18/h1-7,12H,8-11H2. The van der Waals surface area contributed by atoms with Crippen molar-refractivity contribution in [1.82, 2.24) is 8.26 Å². The lowest BCUT2D eigenvalue weighted by molar-refractivity contribution is 0.0730. The number of morpholine rings is 1. The van der Waals surface area contributed by atoms with Gasteiger partial charge in [-0.2, -0.15) is 4.31 Å². The fraction of sp³-hybridized carbons (Fsp3) is 0.235. The number of nitrogens with zero attached hydrogens (tertiary/aromatic N) is 2. The molecule has 0 N–H and O–H groups in total. The van der Waals surface area contributed by atoms with Crippen molar-refractivity contribution >= 4 is 31.6 Å². The van der Waals surface area contributed by atoms with E-state index in [2.05, 4.69) is 0 Å². The summed E-state index contributed by atoms with van der Waals surface area (Å²) in [6.07, 6.45) is 0. The van der Waals surface area contributed by atoms with Gasteiger partial charge in [-0.25, -0.2) is 12.4 Å². The predicted molar refractivity (Wildman–Crippen MR) is 97.0 cm³/mol. The Kier molecular flexibility index (Phi) is 4.20. The summed E-state index contributed by atoms with van der Waals surface area (Å²) in [5, 5.41) is 0.633. The van der Waals surface area contributed by atoms with Crippen molar-refractivity contribution in [3.63, 3.8) is 0 Å².